The summed E-state index contributed by atoms with van der Waals surface area (Å²) in [6.07, 6.45) is 0.843. The molecule has 0 fully saturated rings. The number of hydrogen-bond donors (Lipinski definition) is 1. The number of thiazole rings is 1. The summed E-state index contributed by atoms with van der Waals surface area (Å²) >= 11 is 1.07. The molecule has 1 heterocycles. The summed E-state index contributed by atoms with van der Waals surface area (Å²) in [5.41, 5.74) is 1.61. The van der Waals surface area contributed by atoms with E-state index in [9.17, 15) is 13.2 Å². The van der Waals surface area contributed by atoms with Gasteiger partial charge in [0.05, 0.1) is 21.7 Å². The number of nitrogens with one attached hydrogen (secondary N) is 1. The van der Waals surface area contributed by atoms with Crippen LogP contribution in [0.4, 0.5) is 0 Å². The first-order chi connectivity index (χ1) is 12.9. The van der Waals surface area contributed by atoms with E-state index in [2.05, 4.69) is 4.72 Å². The molecule has 8 heteroatoms. The van der Waals surface area contributed by atoms with E-state index in [1.54, 1.807) is 22.8 Å². The van der Waals surface area contributed by atoms with Gasteiger partial charge in [-0.2, -0.15) is 0 Å². The van der Waals surface area contributed by atoms with Crippen molar-refractivity contribution in [3.05, 3.63) is 57.7 Å². The highest BCUT2D eigenvalue weighted by Crippen LogP contribution is 2.22. The molecular formula is C19H22N2O4S2. The fourth-order valence-electron chi connectivity index (χ4n) is 2.78. The van der Waals surface area contributed by atoms with Crippen LogP contribution in [-0.4, -0.2) is 19.6 Å². The molecule has 0 aliphatic rings. The number of benzene rings is 2. The van der Waals surface area contributed by atoms with E-state index in [1.807, 2.05) is 38.1 Å². The Hall–Kier alpha value is -2.16. The highest BCUT2D eigenvalue weighted by molar-refractivity contribution is 7.89. The second kappa shape index (κ2) is 8.24. The molecule has 0 radical (unpaired) electrons. The third kappa shape index (κ3) is 4.40. The van der Waals surface area contributed by atoms with Crippen molar-refractivity contribution >= 4 is 31.6 Å². The van der Waals surface area contributed by atoms with Crippen LogP contribution in [0.15, 0.2) is 52.2 Å². The SMILES string of the molecule is CCCn1c(=O)sc2cc(S(=O)(=O)NCc3ccc(OCC)cc3)ccc21. The van der Waals surface area contributed by atoms with Crippen LogP contribution in [0.1, 0.15) is 25.8 Å². The second-order valence-electron chi connectivity index (χ2n) is 6.05. The van der Waals surface area contributed by atoms with Crippen molar-refractivity contribution in [2.75, 3.05) is 6.61 Å². The first-order valence-electron chi connectivity index (χ1n) is 8.79. The molecule has 0 aliphatic heterocycles. The van der Waals surface area contributed by atoms with Crippen LogP contribution in [0.5, 0.6) is 5.75 Å². The highest BCUT2D eigenvalue weighted by atomic mass is 32.2. The standard InChI is InChI=1S/C19H22N2O4S2/c1-3-11-21-17-10-9-16(12-18(17)26-19(21)22)27(23,24)20-13-14-5-7-15(8-6-14)25-4-2/h5-10,12,20H,3-4,11,13H2,1-2H3. The second-order valence-corrected chi connectivity index (χ2v) is 8.81. The molecule has 0 amide bonds. The third-order valence-corrected chi connectivity index (χ3v) is 6.44. The number of hydrogen-bond acceptors (Lipinski definition) is 5. The van der Waals surface area contributed by atoms with Crippen LogP contribution >= 0.6 is 11.3 Å². The van der Waals surface area contributed by atoms with E-state index in [-0.39, 0.29) is 16.3 Å². The number of fused-ring (bicyclic) bond motifs is 1. The van der Waals surface area contributed by atoms with Crippen LogP contribution in [0.25, 0.3) is 10.2 Å². The number of nitrogens with zero attached hydrogens (tertiary/aromatic N) is 1. The minimum absolute atomic E-state index is 0.0660. The molecule has 0 aliphatic carbocycles. The molecule has 1 aromatic heterocycles. The molecule has 0 spiro atoms. The summed E-state index contributed by atoms with van der Waals surface area (Å²) in [6, 6.07) is 12.1. The van der Waals surface area contributed by atoms with E-state index in [0.717, 1.165) is 34.6 Å². The number of rotatable bonds is 8. The van der Waals surface area contributed by atoms with Crippen LogP contribution in [0, 0.1) is 0 Å². The van der Waals surface area contributed by atoms with Crippen molar-refractivity contribution in [1.82, 2.24) is 9.29 Å². The zero-order valence-electron chi connectivity index (χ0n) is 15.3. The minimum atomic E-state index is -3.67. The van der Waals surface area contributed by atoms with Gasteiger partial charge in [-0.1, -0.05) is 30.4 Å². The van der Waals surface area contributed by atoms with Gasteiger partial charge in [-0.05, 0) is 49.2 Å². The van der Waals surface area contributed by atoms with E-state index in [0.29, 0.717) is 17.9 Å². The van der Waals surface area contributed by atoms with E-state index in [1.165, 1.54) is 0 Å². The Morgan fingerprint density at radius 3 is 2.52 bits per heavy atom. The molecule has 0 saturated carbocycles. The summed E-state index contributed by atoms with van der Waals surface area (Å²) in [6.45, 7) is 5.30. The predicted octanol–water partition coefficient (Wildman–Crippen LogP) is 3.35. The van der Waals surface area contributed by atoms with Crippen LogP contribution < -0.4 is 14.3 Å². The average Bonchev–Trinajstić information content (AvgIpc) is 2.97. The molecule has 2 aromatic carbocycles. The molecule has 0 saturated heterocycles. The van der Waals surface area contributed by atoms with E-state index in [4.69, 9.17) is 4.74 Å². The fourth-order valence-corrected chi connectivity index (χ4v) is 4.86. The zero-order chi connectivity index (χ0) is 19.4. The summed E-state index contributed by atoms with van der Waals surface area (Å²) in [5, 5.41) is 0. The van der Waals surface area contributed by atoms with Gasteiger partial charge in [0.25, 0.3) is 0 Å². The molecule has 1 N–H and O–H groups in total. The normalized spacial score (nSPS) is 11.8. The van der Waals surface area contributed by atoms with Gasteiger partial charge >= 0.3 is 4.87 Å². The first kappa shape index (κ1) is 19.6. The van der Waals surface area contributed by atoms with Crippen molar-refractivity contribution in [3.8, 4) is 5.75 Å². The maximum atomic E-state index is 12.6. The quantitative estimate of drug-likeness (QED) is 0.622. The van der Waals surface area contributed by atoms with Crippen molar-refractivity contribution in [2.45, 2.75) is 38.3 Å². The Balaban J connectivity index is 1.79. The molecule has 144 valence electrons. The van der Waals surface area contributed by atoms with Crippen LogP contribution in [0.2, 0.25) is 0 Å². The van der Waals surface area contributed by atoms with Gasteiger partial charge in [0.2, 0.25) is 10.0 Å². The van der Waals surface area contributed by atoms with Crippen LogP contribution in [-0.2, 0) is 23.1 Å². The van der Waals surface area contributed by atoms with Gasteiger partial charge < -0.3 is 4.74 Å². The molecule has 3 rings (SSSR count). The zero-order valence-corrected chi connectivity index (χ0v) is 16.9. The summed E-state index contributed by atoms with van der Waals surface area (Å²) in [5.74, 6) is 0.751. The predicted molar refractivity (Wildman–Crippen MR) is 108 cm³/mol. The van der Waals surface area contributed by atoms with Crippen molar-refractivity contribution in [3.63, 3.8) is 0 Å². The minimum Gasteiger partial charge on any atom is -0.494 e. The maximum absolute atomic E-state index is 12.6. The molecular weight excluding hydrogens is 384 g/mol. The number of aromatic nitrogens is 1. The van der Waals surface area contributed by atoms with Gasteiger partial charge in [-0.25, -0.2) is 13.1 Å². The average molecular weight is 407 g/mol. The maximum Gasteiger partial charge on any atom is 0.308 e. The molecule has 27 heavy (non-hydrogen) atoms. The number of ether oxygens (including phenoxy) is 1. The smallest absolute Gasteiger partial charge is 0.308 e. The van der Waals surface area contributed by atoms with Crippen LogP contribution in [0.3, 0.4) is 0 Å². The molecule has 0 atom stereocenters. The molecule has 6 nitrogen and oxygen atoms in total. The summed E-state index contributed by atoms with van der Waals surface area (Å²) in [4.78, 5) is 12.2. The molecule has 0 bridgehead atoms. The molecule has 0 unspecified atom stereocenters. The lowest BCUT2D eigenvalue weighted by molar-refractivity contribution is 0.340. The van der Waals surface area contributed by atoms with E-state index < -0.39 is 10.0 Å². The Labute approximate surface area is 162 Å². The highest BCUT2D eigenvalue weighted by Gasteiger charge is 2.16. The lowest BCUT2D eigenvalue weighted by atomic mass is 10.2. The van der Waals surface area contributed by atoms with Gasteiger partial charge in [0.1, 0.15) is 5.75 Å². The van der Waals surface area contributed by atoms with Gasteiger partial charge in [0, 0.05) is 13.1 Å². The van der Waals surface area contributed by atoms with Gasteiger partial charge in [-0.15, -0.1) is 0 Å². The van der Waals surface area contributed by atoms with Crippen molar-refractivity contribution in [2.24, 2.45) is 0 Å². The molecule has 3 aromatic rings. The lowest BCUT2D eigenvalue weighted by Crippen LogP contribution is -2.23. The first-order valence-corrected chi connectivity index (χ1v) is 11.1. The lowest BCUT2D eigenvalue weighted by Gasteiger charge is -2.08. The Kier molecular flexibility index (Phi) is 5.98. The topological polar surface area (TPSA) is 77.4 Å². The fraction of sp³-hybridized carbons (Fsp3) is 0.316. The van der Waals surface area contributed by atoms with Gasteiger partial charge in [0.15, 0.2) is 0 Å². The Morgan fingerprint density at radius 2 is 1.85 bits per heavy atom. The van der Waals surface area contributed by atoms with Crippen molar-refractivity contribution in [1.29, 1.82) is 0 Å². The number of sulfonamides is 1. The van der Waals surface area contributed by atoms with E-state index >= 15 is 0 Å². The Morgan fingerprint density at radius 1 is 1.11 bits per heavy atom. The van der Waals surface area contributed by atoms with Crippen molar-refractivity contribution < 1.29 is 13.2 Å². The third-order valence-electron chi connectivity index (χ3n) is 4.10. The Bertz CT molecular complexity index is 1080. The monoisotopic (exact) mass is 406 g/mol. The number of aryl methyl sites for hydroxylation is 1. The summed E-state index contributed by atoms with van der Waals surface area (Å²) in [7, 11) is -3.67. The summed E-state index contributed by atoms with van der Waals surface area (Å²) < 4.78 is 35.6. The largest absolute Gasteiger partial charge is 0.494 e. The van der Waals surface area contributed by atoms with Gasteiger partial charge in [-0.3, -0.25) is 9.36 Å².